The van der Waals surface area contributed by atoms with Crippen molar-refractivity contribution < 1.29 is 19.4 Å². The van der Waals surface area contributed by atoms with E-state index in [1.807, 2.05) is 7.05 Å². The summed E-state index contributed by atoms with van der Waals surface area (Å²) in [6.07, 6.45) is 0.955. The second-order valence-electron chi connectivity index (χ2n) is 5.13. The minimum Gasteiger partial charge on any atom is -0.492 e. The Morgan fingerprint density at radius 3 is 2.95 bits per heavy atom. The summed E-state index contributed by atoms with van der Waals surface area (Å²) in [7, 11) is 1.82. The van der Waals surface area contributed by atoms with Crippen LogP contribution in [-0.4, -0.2) is 66.6 Å². The fraction of sp³-hybridized carbons (Fsp3) is 0.467. The topological polar surface area (TPSA) is 70.1 Å². The quantitative estimate of drug-likeness (QED) is 0.874. The lowest BCUT2D eigenvalue weighted by atomic mass is 10.2. The first kappa shape index (κ1) is 15.3. The summed E-state index contributed by atoms with van der Waals surface area (Å²) < 4.78 is 5.57. The Morgan fingerprint density at radius 2 is 2.19 bits per heavy atom. The van der Waals surface area contributed by atoms with E-state index >= 15 is 0 Å². The van der Waals surface area contributed by atoms with Crippen LogP contribution in [0.3, 0.4) is 0 Å². The molecule has 1 aliphatic rings. The minimum absolute atomic E-state index is 0.125. The molecule has 0 unspecified atom stereocenters. The smallest absolute Gasteiger partial charge is 0.335 e. The Bertz CT molecular complexity index is 518. The highest BCUT2D eigenvalue weighted by molar-refractivity contribution is 5.88. The number of carboxylic acids is 1. The maximum Gasteiger partial charge on any atom is 0.335 e. The van der Waals surface area contributed by atoms with Gasteiger partial charge in [-0.2, -0.15) is 0 Å². The number of hydrogen-bond donors (Lipinski definition) is 1. The zero-order valence-corrected chi connectivity index (χ0v) is 12.1. The molecule has 0 atom stereocenters. The molecule has 1 N–H and O–H groups in total. The molecular formula is C15H20N2O4. The Kier molecular flexibility index (Phi) is 5.16. The zero-order valence-electron chi connectivity index (χ0n) is 12.1. The molecule has 1 fully saturated rings. The standard InChI is InChI=1S/C15H20N2O4/c1-16-6-3-7-17(11-14(16)18)8-9-21-13-5-2-4-12(10-13)15(19)20/h2,4-5,10H,3,6-9,11H2,1H3,(H,19,20). The van der Waals surface area contributed by atoms with E-state index in [0.717, 1.165) is 19.5 Å². The van der Waals surface area contributed by atoms with Crippen LogP contribution in [0.1, 0.15) is 16.8 Å². The van der Waals surface area contributed by atoms with E-state index in [4.69, 9.17) is 9.84 Å². The first-order chi connectivity index (χ1) is 10.1. The summed E-state index contributed by atoms with van der Waals surface area (Å²) in [5.41, 5.74) is 0.207. The predicted molar refractivity (Wildman–Crippen MR) is 77.6 cm³/mol. The van der Waals surface area contributed by atoms with Gasteiger partial charge in [-0.3, -0.25) is 9.69 Å². The zero-order chi connectivity index (χ0) is 15.2. The second-order valence-corrected chi connectivity index (χ2v) is 5.13. The molecule has 0 radical (unpaired) electrons. The number of benzene rings is 1. The van der Waals surface area contributed by atoms with E-state index in [-0.39, 0.29) is 11.5 Å². The molecular weight excluding hydrogens is 272 g/mol. The van der Waals surface area contributed by atoms with Gasteiger partial charge in [0.15, 0.2) is 0 Å². The van der Waals surface area contributed by atoms with Crippen LogP contribution in [0.4, 0.5) is 0 Å². The molecule has 1 aromatic carbocycles. The van der Waals surface area contributed by atoms with Crippen LogP contribution in [0.2, 0.25) is 0 Å². The van der Waals surface area contributed by atoms with Crippen molar-refractivity contribution in [3.63, 3.8) is 0 Å². The van der Waals surface area contributed by atoms with E-state index in [1.54, 1.807) is 17.0 Å². The number of rotatable bonds is 5. The minimum atomic E-state index is -0.971. The molecule has 114 valence electrons. The van der Waals surface area contributed by atoms with Gasteiger partial charge >= 0.3 is 5.97 Å². The Morgan fingerprint density at radius 1 is 1.38 bits per heavy atom. The van der Waals surface area contributed by atoms with Crippen LogP contribution < -0.4 is 4.74 Å². The SMILES string of the molecule is CN1CCCN(CCOc2cccc(C(=O)O)c2)CC1=O. The second kappa shape index (κ2) is 7.08. The first-order valence-electron chi connectivity index (χ1n) is 6.99. The van der Waals surface area contributed by atoms with Crippen molar-refractivity contribution in [2.45, 2.75) is 6.42 Å². The van der Waals surface area contributed by atoms with E-state index in [0.29, 0.717) is 25.4 Å². The molecule has 0 saturated carbocycles. The van der Waals surface area contributed by atoms with Gasteiger partial charge in [0.2, 0.25) is 5.91 Å². The fourth-order valence-electron chi connectivity index (χ4n) is 2.25. The molecule has 1 heterocycles. The van der Waals surface area contributed by atoms with Crippen molar-refractivity contribution in [2.75, 3.05) is 39.8 Å². The number of nitrogens with zero attached hydrogens (tertiary/aromatic N) is 2. The van der Waals surface area contributed by atoms with Crippen molar-refractivity contribution in [3.8, 4) is 5.75 Å². The maximum absolute atomic E-state index is 11.8. The number of carbonyl (C=O) groups excluding carboxylic acids is 1. The molecule has 1 aromatic rings. The number of likely N-dealkylation sites (N-methyl/N-ethyl adjacent to an activating group) is 1. The molecule has 6 heteroatoms. The molecule has 21 heavy (non-hydrogen) atoms. The third-order valence-corrected chi connectivity index (χ3v) is 3.51. The summed E-state index contributed by atoms with van der Waals surface area (Å²) in [6.45, 7) is 3.15. The van der Waals surface area contributed by atoms with Gasteiger partial charge in [0.05, 0.1) is 12.1 Å². The van der Waals surface area contributed by atoms with Gasteiger partial charge in [-0.1, -0.05) is 6.07 Å². The highest BCUT2D eigenvalue weighted by Crippen LogP contribution is 2.13. The van der Waals surface area contributed by atoms with Crippen LogP contribution >= 0.6 is 0 Å². The van der Waals surface area contributed by atoms with Crippen molar-refractivity contribution in [1.82, 2.24) is 9.80 Å². The molecule has 1 amide bonds. The Labute approximate surface area is 123 Å². The average molecular weight is 292 g/mol. The Balaban J connectivity index is 1.82. The van der Waals surface area contributed by atoms with Gasteiger partial charge in [0.1, 0.15) is 12.4 Å². The molecule has 1 aliphatic heterocycles. The molecule has 0 spiro atoms. The van der Waals surface area contributed by atoms with E-state index in [9.17, 15) is 9.59 Å². The lowest BCUT2D eigenvalue weighted by molar-refractivity contribution is -0.129. The number of hydrogen-bond acceptors (Lipinski definition) is 4. The van der Waals surface area contributed by atoms with Gasteiger partial charge in [-0.05, 0) is 24.6 Å². The molecule has 1 saturated heterocycles. The van der Waals surface area contributed by atoms with Gasteiger partial charge in [0, 0.05) is 26.7 Å². The van der Waals surface area contributed by atoms with Crippen molar-refractivity contribution in [3.05, 3.63) is 29.8 Å². The third kappa shape index (κ3) is 4.46. The normalized spacial score (nSPS) is 16.6. The van der Waals surface area contributed by atoms with Crippen molar-refractivity contribution in [2.24, 2.45) is 0 Å². The summed E-state index contributed by atoms with van der Waals surface area (Å²) >= 11 is 0. The van der Waals surface area contributed by atoms with E-state index in [1.165, 1.54) is 12.1 Å². The highest BCUT2D eigenvalue weighted by atomic mass is 16.5. The highest BCUT2D eigenvalue weighted by Gasteiger charge is 2.18. The average Bonchev–Trinajstić information content (AvgIpc) is 2.61. The van der Waals surface area contributed by atoms with Crippen molar-refractivity contribution >= 4 is 11.9 Å². The number of aromatic carboxylic acids is 1. The van der Waals surface area contributed by atoms with E-state index in [2.05, 4.69) is 4.90 Å². The predicted octanol–water partition coefficient (Wildman–Crippen LogP) is 0.928. The number of ether oxygens (including phenoxy) is 1. The van der Waals surface area contributed by atoms with Crippen LogP contribution in [0.5, 0.6) is 5.75 Å². The van der Waals surface area contributed by atoms with Gasteiger partial charge in [-0.25, -0.2) is 4.79 Å². The summed E-state index contributed by atoms with van der Waals surface area (Å²) in [4.78, 5) is 26.4. The molecule has 6 nitrogen and oxygen atoms in total. The lowest BCUT2D eigenvalue weighted by Crippen LogP contribution is -2.36. The maximum atomic E-state index is 11.8. The van der Waals surface area contributed by atoms with Crippen molar-refractivity contribution in [1.29, 1.82) is 0 Å². The number of carbonyl (C=O) groups is 2. The summed E-state index contributed by atoms with van der Waals surface area (Å²) in [5, 5.41) is 8.92. The van der Waals surface area contributed by atoms with Gasteiger partial charge < -0.3 is 14.7 Å². The Hall–Kier alpha value is -2.08. The summed E-state index contributed by atoms with van der Waals surface area (Å²) in [5.74, 6) is -0.310. The van der Waals surface area contributed by atoms with Gasteiger partial charge in [0.25, 0.3) is 0 Å². The molecule has 2 rings (SSSR count). The lowest BCUT2D eigenvalue weighted by Gasteiger charge is -2.19. The first-order valence-corrected chi connectivity index (χ1v) is 6.99. The van der Waals surface area contributed by atoms with Crippen LogP contribution in [-0.2, 0) is 4.79 Å². The number of amides is 1. The summed E-state index contributed by atoms with van der Waals surface area (Å²) in [6, 6.07) is 6.42. The molecule has 0 aliphatic carbocycles. The third-order valence-electron chi connectivity index (χ3n) is 3.51. The number of carboxylic acid groups (broad SMARTS) is 1. The molecule has 0 aromatic heterocycles. The molecule has 0 bridgehead atoms. The van der Waals surface area contributed by atoms with Crippen LogP contribution in [0.25, 0.3) is 0 Å². The van der Waals surface area contributed by atoms with Crippen LogP contribution in [0, 0.1) is 0 Å². The van der Waals surface area contributed by atoms with Crippen LogP contribution in [0.15, 0.2) is 24.3 Å². The van der Waals surface area contributed by atoms with Gasteiger partial charge in [-0.15, -0.1) is 0 Å². The fourth-order valence-corrected chi connectivity index (χ4v) is 2.25. The van der Waals surface area contributed by atoms with E-state index < -0.39 is 5.97 Å². The largest absolute Gasteiger partial charge is 0.492 e. The monoisotopic (exact) mass is 292 g/mol.